The van der Waals surface area contributed by atoms with Crippen LogP contribution < -0.4 is 5.32 Å². The zero-order chi connectivity index (χ0) is 15.2. The highest BCUT2D eigenvalue weighted by molar-refractivity contribution is 6.39. The van der Waals surface area contributed by atoms with Crippen molar-refractivity contribution >= 4 is 17.5 Å². The molecular formula is C15H19FN2O3. The molecule has 0 aromatic heterocycles. The Bertz CT molecular complexity index is 502. The number of nitrogens with one attached hydrogen (secondary N) is 1. The van der Waals surface area contributed by atoms with E-state index in [1.165, 1.54) is 29.2 Å². The van der Waals surface area contributed by atoms with E-state index in [1.54, 1.807) is 0 Å². The first-order valence-electron chi connectivity index (χ1n) is 7.10. The monoisotopic (exact) mass is 294 g/mol. The highest BCUT2D eigenvalue weighted by Crippen LogP contribution is 2.20. The first-order chi connectivity index (χ1) is 10.1. The summed E-state index contributed by atoms with van der Waals surface area (Å²) < 4.78 is 12.8. The van der Waals surface area contributed by atoms with Crippen molar-refractivity contribution in [3.63, 3.8) is 0 Å². The second-order valence-electron chi connectivity index (χ2n) is 5.12. The minimum Gasteiger partial charge on any atom is -0.396 e. The van der Waals surface area contributed by atoms with Gasteiger partial charge >= 0.3 is 11.8 Å². The number of halogens is 1. The molecule has 1 aromatic rings. The summed E-state index contributed by atoms with van der Waals surface area (Å²) in [6.45, 7) is 0.522. The van der Waals surface area contributed by atoms with E-state index in [0.29, 0.717) is 18.7 Å². The summed E-state index contributed by atoms with van der Waals surface area (Å²) in [6, 6.07) is 5.16. The van der Waals surface area contributed by atoms with Gasteiger partial charge in [0.1, 0.15) is 5.82 Å². The smallest absolute Gasteiger partial charge is 0.313 e. The molecule has 2 N–H and O–H groups in total. The molecule has 6 heteroatoms. The molecule has 1 fully saturated rings. The molecule has 2 amide bonds. The van der Waals surface area contributed by atoms with E-state index in [-0.39, 0.29) is 12.6 Å². The van der Waals surface area contributed by atoms with Gasteiger partial charge in [-0.15, -0.1) is 0 Å². The van der Waals surface area contributed by atoms with Crippen LogP contribution in [0.1, 0.15) is 25.7 Å². The van der Waals surface area contributed by atoms with Crippen LogP contribution in [0.5, 0.6) is 0 Å². The van der Waals surface area contributed by atoms with Crippen LogP contribution in [0.25, 0.3) is 0 Å². The van der Waals surface area contributed by atoms with Crippen LogP contribution >= 0.6 is 0 Å². The van der Waals surface area contributed by atoms with Gasteiger partial charge in [-0.3, -0.25) is 9.59 Å². The number of piperidine rings is 1. The molecule has 5 nitrogen and oxygen atoms in total. The number of aliphatic hydroxyl groups excluding tert-OH is 1. The highest BCUT2D eigenvalue weighted by atomic mass is 19.1. The van der Waals surface area contributed by atoms with Gasteiger partial charge in [-0.25, -0.2) is 4.39 Å². The molecule has 0 aliphatic carbocycles. The third-order valence-electron chi connectivity index (χ3n) is 3.65. The SMILES string of the molecule is O=C(Nc1ccc(F)cc1)C(=O)N1CCCCC1CCO. The number of carbonyl (C=O) groups is 2. The lowest BCUT2D eigenvalue weighted by Crippen LogP contribution is -2.48. The number of amides is 2. The van der Waals surface area contributed by atoms with Crippen molar-refractivity contribution in [2.24, 2.45) is 0 Å². The van der Waals surface area contributed by atoms with Crippen molar-refractivity contribution in [2.45, 2.75) is 31.7 Å². The first kappa shape index (κ1) is 15.4. The van der Waals surface area contributed by atoms with Crippen molar-refractivity contribution in [1.29, 1.82) is 0 Å². The standard InChI is InChI=1S/C15H19FN2O3/c16-11-4-6-12(7-5-11)17-14(20)15(21)18-9-2-1-3-13(18)8-10-19/h4-7,13,19H,1-3,8-10H2,(H,17,20). The summed E-state index contributed by atoms with van der Waals surface area (Å²) in [7, 11) is 0. The van der Waals surface area contributed by atoms with E-state index >= 15 is 0 Å². The number of nitrogens with zero attached hydrogens (tertiary/aromatic N) is 1. The van der Waals surface area contributed by atoms with Gasteiger partial charge in [0.15, 0.2) is 0 Å². The van der Waals surface area contributed by atoms with Crippen molar-refractivity contribution < 1.29 is 19.1 Å². The summed E-state index contributed by atoms with van der Waals surface area (Å²) in [5, 5.41) is 11.5. The molecular weight excluding hydrogens is 275 g/mol. The number of aliphatic hydroxyl groups is 1. The summed E-state index contributed by atoms with van der Waals surface area (Å²) in [5.74, 6) is -1.73. The van der Waals surface area contributed by atoms with Crippen LogP contribution in [-0.4, -0.2) is 41.0 Å². The molecule has 2 rings (SSSR count). The Hall–Kier alpha value is -1.95. The number of benzene rings is 1. The van der Waals surface area contributed by atoms with Crippen LogP contribution in [0.3, 0.4) is 0 Å². The number of hydrogen-bond donors (Lipinski definition) is 2. The van der Waals surface area contributed by atoms with Crippen molar-refractivity contribution in [3.05, 3.63) is 30.1 Å². The molecule has 1 aromatic carbocycles. The molecule has 1 atom stereocenters. The Morgan fingerprint density at radius 1 is 1.29 bits per heavy atom. The summed E-state index contributed by atoms with van der Waals surface area (Å²) >= 11 is 0. The lowest BCUT2D eigenvalue weighted by atomic mass is 9.99. The second kappa shape index (κ2) is 7.17. The maximum Gasteiger partial charge on any atom is 0.313 e. The first-order valence-corrected chi connectivity index (χ1v) is 7.10. The van der Waals surface area contributed by atoms with Crippen LogP contribution in [0.15, 0.2) is 24.3 Å². The molecule has 1 saturated heterocycles. The molecule has 21 heavy (non-hydrogen) atoms. The molecule has 1 aliphatic heterocycles. The Morgan fingerprint density at radius 2 is 2.00 bits per heavy atom. The Balaban J connectivity index is 2.00. The van der Waals surface area contributed by atoms with Crippen molar-refractivity contribution in [1.82, 2.24) is 4.90 Å². The molecule has 1 heterocycles. The maximum atomic E-state index is 12.8. The van der Waals surface area contributed by atoms with Gasteiger partial charge in [0, 0.05) is 24.9 Å². The quantitative estimate of drug-likeness (QED) is 0.831. The number of carbonyl (C=O) groups excluding carboxylic acids is 2. The maximum absolute atomic E-state index is 12.8. The zero-order valence-electron chi connectivity index (χ0n) is 11.7. The minimum absolute atomic E-state index is 0.00592. The summed E-state index contributed by atoms with van der Waals surface area (Å²) in [5.41, 5.74) is 0.380. The van der Waals surface area contributed by atoms with E-state index in [1.807, 2.05) is 0 Å². The molecule has 114 valence electrons. The number of anilines is 1. The van der Waals surface area contributed by atoms with Crippen LogP contribution in [0.4, 0.5) is 10.1 Å². The fourth-order valence-corrected chi connectivity index (χ4v) is 2.57. The van der Waals surface area contributed by atoms with Crippen LogP contribution in [-0.2, 0) is 9.59 Å². The van der Waals surface area contributed by atoms with Crippen LogP contribution in [0, 0.1) is 5.82 Å². The van der Waals surface area contributed by atoms with Gasteiger partial charge in [0.25, 0.3) is 0 Å². The number of rotatable bonds is 3. The fraction of sp³-hybridized carbons (Fsp3) is 0.467. The third-order valence-corrected chi connectivity index (χ3v) is 3.65. The van der Waals surface area contributed by atoms with Gasteiger partial charge in [-0.05, 0) is 49.9 Å². The molecule has 0 saturated carbocycles. The van der Waals surface area contributed by atoms with Gasteiger partial charge in [-0.1, -0.05) is 0 Å². The average Bonchev–Trinajstić information content (AvgIpc) is 2.50. The highest BCUT2D eigenvalue weighted by Gasteiger charge is 2.30. The average molecular weight is 294 g/mol. The van der Waals surface area contributed by atoms with Crippen molar-refractivity contribution in [3.8, 4) is 0 Å². The topological polar surface area (TPSA) is 69.6 Å². The molecule has 1 aliphatic rings. The van der Waals surface area contributed by atoms with Gasteiger partial charge < -0.3 is 15.3 Å². The van der Waals surface area contributed by atoms with E-state index < -0.39 is 17.6 Å². The molecule has 0 bridgehead atoms. The van der Waals surface area contributed by atoms with Crippen molar-refractivity contribution in [2.75, 3.05) is 18.5 Å². The van der Waals surface area contributed by atoms with E-state index in [2.05, 4.69) is 5.32 Å². The minimum atomic E-state index is -0.730. The van der Waals surface area contributed by atoms with E-state index in [0.717, 1.165) is 19.3 Å². The zero-order valence-corrected chi connectivity index (χ0v) is 11.7. The summed E-state index contributed by atoms with van der Waals surface area (Å²) in [6.07, 6.45) is 3.14. The Labute approximate surface area is 122 Å². The fourth-order valence-electron chi connectivity index (χ4n) is 2.57. The Morgan fingerprint density at radius 3 is 2.67 bits per heavy atom. The van der Waals surface area contributed by atoms with Gasteiger partial charge in [0.2, 0.25) is 0 Å². The summed E-state index contributed by atoms with van der Waals surface area (Å²) in [4.78, 5) is 25.7. The molecule has 0 spiro atoms. The lowest BCUT2D eigenvalue weighted by Gasteiger charge is -2.35. The van der Waals surface area contributed by atoms with E-state index in [9.17, 15) is 14.0 Å². The normalized spacial score (nSPS) is 18.4. The van der Waals surface area contributed by atoms with Gasteiger partial charge in [0.05, 0.1) is 0 Å². The third kappa shape index (κ3) is 4.01. The second-order valence-corrected chi connectivity index (χ2v) is 5.12. The predicted octanol–water partition coefficient (Wildman–Crippen LogP) is 1.53. The largest absolute Gasteiger partial charge is 0.396 e. The van der Waals surface area contributed by atoms with E-state index in [4.69, 9.17) is 5.11 Å². The number of hydrogen-bond acceptors (Lipinski definition) is 3. The van der Waals surface area contributed by atoms with Gasteiger partial charge in [-0.2, -0.15) is 0 Å². The lowest BCUT2D eigenvalue weighted by molar-refractivity contribution is -0.146. The molecule has 0 radical (unpaired) electrons. The predicted molar refractivity (Wildman–Crippen MR) is 76.1 cm³/mol. The Kier molecular flexibility index (Phi) is 5.27. The van der Waals surface area contributed by atoms with Crippen LogP contribution in [0.2, 0.25) is 0 Å². The number of likely N-dealkylation sites (tertiary alicyclic amines) is 1. The molecule has 1 unspecified atom stereocenters.